The molecular weight excluding hydrogens is 444 g/mol. The minimum atomic E-state index is 0.599. The van der Waals surface area contributed by atoms with E-state index >= 15 is 0 Å². The molecule has 1 aliphatic heterocycles. The van der Waals surface area contributed by atoms with Crippen molar-refractivity contribution < 1.29 is 14.2 Å². The van der Waals surface area contributed by atoms with E-state index < -0.39 is 0 Å². The van der Waals surface area contributed by atoms with Crippen LogP contribution in [0, 0.1) is 12.8 Å². The van der Waals surface area contributed by atoms with Gasteiger partial charge in [0, 0.05) is 49.7 Å². The molecule has 35 heavy (non-hydrogen) atoms. The van der Waals surface area contributed by atoms with Gasteiger partial charge in [-0.2, -0.15) is 5.10 Å². The molecule has 1 saturated heterocycles. The van der Waals surface area contributed by atoms with Crippen LogP contribution >= 0.6 is 0 Å². The number of imidazole rings is 1. The number of hydrogen-bond donors (Lipinski definition) is 1. The Morgan fingerprint density at radius 3 is 2.80 bits per heavy atom. The molecule has 2 aromatic carbocycles. The van der Waals surface area contributed by atoms with Gasteiger partial charge in [0.1, 0.15) is 28.6 Å². The zero-order valence-electron chi connectivity index (χ0n) is 19.7. The summed E-state index contributed by atoms with van der Waals surface area (Å²) in [5, 5.41) is 4.55. The van der Waals surface area contributed by atoms with Gasteiger partial charge in [0.2, 0.25) is 0 Å². The number of rotatable bonds is 6. The summed E-state index contributed by atoms with van der Waals surface area (Å²) in [4.78, 5) is 17.1. The molecule has 9 heteroatoms. The van der Waals surface area contributed by atoms with Crippen LogP contribution in [0.5, 0.6) is 17.2 Å². The van der Waals surface area contributed by atoms with Crippen molar-refractivity contribution in [2.45, 2.75) is 26.3 Å². The maximum atomic E-state index is 6.16. The van der Waals surface area contributed by atoms with Crippen molar-refractivity contribution in [3.05, 3.63) is 54.7 Å². The first-order valence-electron chi connectivity index (χ1n) is 11.7. The first-order chi connectivity index (χ1) is 17.1. The maximum Gasteiger partial charge on any atom is 0.150 e. The van der Waals surface area contributed by atoms with Crippen LogP contribution < -0.4 is 9.47 Å². The minimum Gasteiger partial charge on any atom is -0.494 e. The molecule has 4 heterocycles. The van der Waals surface area contributed by atoms with Crippen molar-refractivity contribution in [1.29, 1.82) is 0 Å². The Kier molecular flexibility index (Phi) is 5.54. The summed E-state index contributed by atoms with van der Waals surface area (Å²) in [7, 11) is 1.63. The number of benzene rings is 2. The summed E-state index contributed by atoms with van der Waals surface area (Å²) >= 11 is 0. The van der Waals surface area contributed by atoms with E-state index in [9.17, 15) is 0 Å². The van der Waals surface area contributed by atoms with Gasteiger partial charge in [0.25, 0.3) is 0 Å². The SMILES string of the molecule is COc1cc(Oc2ccc3ncc(-c4cnn(CC5CCOCC5)c4)nc3c2)cc2[nH]c(C)nc12. The molecule has 0 bridgehead atoms. The highest BCUT2D eigenvalue weighted by Crippen LogP contribution is 2.33. The zero-order chi connectivity index (χ0) is 23.8. The van der Waals surface area contributed by atoms with E-state index in [2.05, 4.69) is 20.1 Å². The predicted octanol–water partition coefficient (Wildman–Crippen LogP) is 4.91. The number of nitrogens with zero attached hydrogens (tertiary/aromatic N) is 5. The molecule has 0 spiro atoms. The molecular formula is C26H26N6O3. The fraction of sp³-hybridized carbons (Fsp3) is 0.308. The summed E-state index contributed by atoms with van der Waals surface area (Å²) in [5.74, 6) is 3.39. The smallest absolute Gasteiger partial charge is 0.150 e. The van der Waals surface area contributed by atoms with Crippen LogP contribution in [-0.2, 0) is 11.3 Å². The second kappa shape index (κ2) is 8.99. The number of aryl methyl sites for hydroxylation is 1. The molecule has 6 rings (SSSR count). The molecule has 0 amide bonds. The lowest BCUT2D eigenvalue weighted by atomic mass is 10.0. The number of nitrogens with one attached hydrogen (secondary N) is 1. The number of aromatic nitrogens is 6. The summed E-state index contributed by atoms with van der Waals surface area (Å²) in [6, 6.07) is 9.44. The fourth-order valence-corrected chi connectivity index (χ4v) is 4.52. The van der Waals surface area contributed by atoms with Gasteiger partial charge >= 0.3 is 0 Å². The highest BCUT2D eigenvalue weighted by molar-refractivity contribution is 5.84. The minimum absolute atomic E-state index is 0.599. The molecule has 1 fully saturated rings. The molecule has 0 atom stereocenters. The van der Waals surface area contributed by atoms with E-state index in [0.717, 1.165) is 71.7 Å². The average Bonchev–Trinajstić information content (AvgIpc) is 3.49. The first-order valence-corrected chi connectivity index (χ1v) is 11.7. The largest absolute Gasteiger partial charge is 0.494 e. The normalized spacial score (nSPS) is 14.6. The van der Waals surface area contributed by atoms with E-state index in [0.29, 0.717) is 23.2 Å². The van der Waals surface area contributed by atoms with Crippen molar-refractivity contribution in [1.82, 2.24) is 29.7 Å². The highest BCUT2D eigenvalue weighted by Gasteiger charge is 2.16. The molecule has 0 unspecified atom stereocenters. The van der Waals surface area contributed by atoms with Crippen LogP contribution in [0.2, 0.25) is 0 Å². The Balaban J connectivity index is 1.26. The second-order valence-electron chi connectivity index (χ2n) is 8.86. The van der Waals surface area contributed by atoms with Gasteiger partial charge in [-0.1, -0.05) is 0 Å². The standard InChI is InChI=1S/C26H26N6O3/c1-16-29-23-10-20(11-25(33-2)26(23)30-16)35-19-3-4-21-22(9-19)31-24(13-27-21)18-12-28-32(15-18)14-17-5-7-34-8-6-17/h3-4,9-13,15,17H,5-8,14H2,1-2H3,(H,29,30). The van der Waals surface area contributed by atoms with Gasteiger partial charge in [-0.15, -0.1) is 0 Å². The van der Waals surface area contributed by atoms with Crippen LogP contribution in [0.25, 0.3) is 33.3 Å². The fourth-order valence-electron chi connectivity index (χ4n) is 4.52. The van der Waals surface area contributed by atoms with Crippen molar-refractivity contribution >= 4 is 22.1 Å². The van der Waals surface area contributed by atoms with E-state index in [4.69, 9.17) is 19.2 Å². The van der Waals surface area contributed by atoms with E-state index in [1.807, 2.05) is 54.3 Å². The van der Waals surface area contributed by atoms with Crippen molar-refractivity contribution in [2.75, 3.05) is 20.3 Å². The lowest BCUT2D eigenvalue weighted by molar-refractivity contribution is 0.0601. The first kappa shape index (κ1) is 21.5. The topological polar surface area (TPSA) is 100.0 Å². The molecule has 5 aromatic rings. The highest BCUT2D eigenvalue weighted by atomic mass is 16.5. The number of aromatic amines is 1. The van der Waals surface area contributed by atoms with Crippen LogP contribution in [0.3, 0.4) is 0 Å². The zero-order valence-corrected chi connectivity index (χ0v) is 19.7. The van der Waals surface area contributed by atoms with E-state index in [-0.39, 0.29) is 0 Å². The molecule has 178 valence electrons. The van der Waals surface area contributed by atoms with Crippen LogP contribution in [0.4, 0.5) is 0 Å². The van der Waals surface area contributed by atoms with Crippen molar-refractivity contribution in [3.63, 3.8) is 0 Å². The second-order valence-corrected chi connectivity index (χ2v) is 8.86. The van der Waals surface area contributed by atoms with Crippen LogP contribution in [0.1, 0.15) is 18.7 Å². The summed E-state index contributed by atoms with van der Waals surface area (Å²) in [5.41, 5.74) is 4.92. The summed E-state index contributed by atoms with van der Waals surface area (Å²) in [6.45, 7) is 4.48. The predicted molar refractivity (Wildman–Crippen MR) is 132 cm³/mol. The molecule has 3 aromatic heterocycles. The Morgan fingerprint density at radius 1 is 1.06 bits per heavy atom. The molecule has 0 saturated carbocycles. The van der Waals surface area contributed by atoms with Gasteiger partial charge in [0.15, 0.2) is 0 Å². The summed E-state index contributed by atoms with van der Waals surface area (Å²) in [6.07, 6.45) is 7.83. The molecule has 0 aliphatic carbocycles. The third-order valence-electron chi connectivity index (χ3n) is 6.33. The Hall–Kier alpha value is -3.98. The Bertz CT molecular complexity index is 1500. The molecule has 9 nitrogen and oxygen atoms in total. The number of fused-ring (bicyclic) bond motifs is 2. The lowest BCUT2D eigenvalue weighted by Gasteiger charge is -2.21. The third-order valence-corrected chi connectivity index (χ3v) is 6.33. The van der Waals surface area contributed by atoms with Crippen LogP contribution in [0.15, 0.2) is 48.9 Å². The van der Waals surface area contributed by atoms with Gasteiger partial charge in [0.05, 0.1) is 41.7 Å². The van der Waals surface area contributed by atoms with E-state index in [1.165, 1.54) is 0 Å². The number of H-pyrrole nitrogens is 1. The van der Waals surface area contributed by atoms with Crippen LogP contribution in [-0.4, -0.2) is 50.0 Å². The Labute approximate surface area is 202 Å². The quantitative estimate of drug-likeness (QED) is 0.376. The lowest BCUT2D eigenvalue weighted by Crippen LogP contribution is -2.20. The summed E-state index contributed by atoms with van der Waals surface area (Å²) < 4.78 is 19.1. The number of methoxy groups -OCH3 is 1. The average molecular weight is 471 g/mol. The molecule has 0 radical (unpaired) electrons. The molecule has 1 aliphatic rings. The van der Waals surface area contributed by atoms with Gasteiger partial charge in [-0.3, -0.25) is 9.67 Å². The third kappa shape index (κ3) is 4.42. The van der Waals surface area contributed by atoms with E-state index in [1.54, 1.807) is 13.3 Å². The van der Waals surface area contributed by atoms with Crippen molar-refractivity contribution in [3.8, 4) is 28.5 Å². The van der Waals surface area contributed by atoms with Crippen molar-refractivity contribution in [2.24, 2.45) is 5.92 Å². The molecule has 1 N–H and O–H groups in total. The van der Waals surface area contributed by atoms with Gasteiger partial charge < -0.3 is 19.2 Å². The maximum absolute atomic E-state index is 6.16. The monoisotopic (exact) mass is 470 g/mol. The Morgan fingerprint density at radius 2 is 1.94 bits per heavy atom. The number of ether oxygens (including phenoxy) is 3. The number of hydrogen-bond acceptors (Lipinski definition) is 7. The van der Waals surface area contributed by atoms with Gasteiger partial charge in [-0.05, 0) is 37.8 Å². The van der Waals surface area contributed by atoms with Gasteiger partial charge in [-0.25, -0.2) is 9.97 Å².